The summed E-state index contributed by atoms with van der Waals surface area (Å²) in [5.41, 5.74) is 1.56. The van der Waals surface area contributed by atoms with Crippen molar-refractivity contribution < 1.29 is 17.9 Å². The maximum Gasteiger partial charge on any atom is 0.240 e. The molecule has 2 aromatic carbocycles. The molecule has 0 fully saturated rings. The maximum atomic E-state index is 12.2. The van der Waals surface area contributed by atoms with Crippen LogP contribution in [0, 0.1) is 6.92 Å². The zero-order chi connectivity index (χ0) is 19.9. The predicted molar refractivity (Wildman–Crippen MR) is 110 cm³/mol. The van der Waals surface area contributed by atoms with Crippen LogP contribution >= 0.6 is 15.9 Å². The van der Waals surface area contributed by atoms with E-state index in [0.29, 0.717) is 12.3 Å². The van der Waals surface area contributed by atoms with Gasteiger partial charge in [0.25, 0.3) is 0 Å². The van der Waals surface area contributed by atoms with Gasteiger partial charge in [-0.05, 0) is 61.4 Å². The third kappa shape index (κ3) is 6.64. The van der Waals surface area contributed by atoms with Crippen molar-refractivity contribution in [3.8, 4) is 5.75 Å². The number of halogens is 1. The Morgan fingerprint density at radius 2 is 1.85 bits per heavy atom. The average Bonchev–Trinajstić information content (AvgIpc) is 2.62. The molecular weight excluding hydrogens is 432 g/mol. The molecule has 0 bridgehead atoms. The first-order valence-electron chi connectivity index (χ1n) is 8.60. The minimum atomic E-state index is -3.64. The van der Waals surface area contributed by atoms with Gasteiger partial charge >= 0.3 is 0 Å². The largest absolute Gasteiger partial charge is 0.494 e. The van der Waals surface area contributed by atoms with Gasteiger partial charge in [0.05, 0.1) is 11.5 Å². The SMILES string of the molecule is CCCOc1ccc(NC(=O)CCNS(=O)(=O)c2ccc(Br)cc2)c(C)c1. The highest BCUT2D eigenvalue weighted by molar-refractivity contribution is 9.10. The molecule has 2 N–H and O–H groups in total. The normalized spacial score (nSPS) is 11.2. The van der Waals surface area contributed by atoms with E-state index in [4.69, 9.17) is 4.74 Å². The molecule has 0 atom stereocenters. The fraction of sp³-hybridized carbons (Fsp3) is 0.316. The van der Waals surface area contributed by atoms with E-state index in [1.54, 1.807) is 24.3 Å². The van der Waals surface area contributed by atoms with Crippen LogP contribution in [-0.2, 0) is 14.8 Å². The van der Waals surface area contributed by atoms with E-state index in [1.807, 2.05) is 19.9 Å². The summed E-state index contributed by atoms with van der Waals surface area (Å²) >= 11 is 3.26. The summed E-state index contributed by atoms with van der Waals surface area (Å²) in [7, 11) is -3.64. The summed E-state index contributed by atoms with van der Waals surface area (Å²) in [5.74, 6) is 0.494. The zero-order valence-corrected chi connectivity index (χ0v) is 17.7. The number of hydrogen-bond acceptors (Lipinski definition) is 4. The monoisotopic (exact) mass is 454 g/mol. The Bertz CT molecular complexity index is 883. The standard InChI is InChI=1S/C19H23BrN2O4S/c1-3-12-26-16-6-9-18(14(2)13-16)22-19(23)10-11-21-27(24,25)17-7-4-15(20)5-8-17/h4-9,13,21H,3,10-12H2,1-2H3,(H,22,23). The minimum absolute atomic E-state index is 0.0149. The summed E-state index contributed by atoms with van der Waals surface area (Å²) in [6.07, 6.45) is 0.955. The lowest BCUT2D eigenvalue weighted by Gasteiger charge is -2.11. The lowest BCUT2D eigenvalue weighted by molar-refractivity contribution is -0.116. The van der Waals surface area contributed by atoms with Crippen molar-refractivity contribution in [3.63, 3.8) is 0 Å². The second kappa shape index (κ2) is 9.87. The molecule has 0 aliphatic carbocycles. The predicted octanol–water partition coefficient (Wildman–Crippen LogP) is 3.85. The quantitative estimate of drug-likeness (QED) is 0.602. The van der Waals surface area contributed by atoms with E-state index < -0.39 is 10.0 Å². The van der Waals surface area contributed by atoms with Gasteiger partial charge in [-0.1, -0.05) is 22.9 Å². The molecule has 0 spiro atoms. The molecule has 6 nitrogen and oxygen atoms in total. The highest BCUT2D eigenvalue weighted by atomic mass is 79.9. The van der Waals surface area contributed by atoms with Crippen LogP contribution in [0.4, 0.5) is 5.69 Å². The highest BCUT2D eigenvalue weighted by Gasteiger charge is 2.14. The summed E-state index contributed by atoms with van der Waals surface area (Å²) in [5, 5.41) is 2.79. The third-order valence-electron chi connectivity index (χ3n) is 3.71. The molecular formula is C19H23BrN2O4S. The van der Waals surface area contributed by atoms with Crippen molar-refractivity contribution in [3.05, 3.63) is 52.5 Å². The number of hydrogen-bond donors (Lipinski definition) is 2. The molecule has 0 aromatic heterocycles. The third-order valence-corrected chi connectivity index (χ3v) is 5.72. The van der Waals surface area contributed by atoms with Gasteiger partial charge < -0.3 is 10.1 Å². The number of sulfonamides is 1. The second-order valence-electron chi connectivity index (χ2n) is 5.98. The summed E-state index contributed by atoms with van der Waals surface area (Å²) in [4.78, 5) is 12.3. The molecule has 0 saturated carbocycles. The number of nitrogens with one attached hydrogen (secondary N) is 2. The van der Waals surface area contributed by atoms with Crippen molar-refractivity contribution in [2.45, 2.75) is 31.6 Å². The lowest BCUT2D eigenvalue weighted by atomic mass is 10.2. The molecule has 146 valence electrons. The van der Waals surface area contributed by atoms with Crippen LogP contribution in [0.3, 0.4) is 0 Å². The molecule has 2 aromatic rings. The lowest BCUT2D eigenvalue weighted by Crippen LogP contribution is -2.27. The van der Waals surface area contributed by atoms with Gasteiger partial charge in [-0.3, -0.25) is 4.79 Å². The fourth-order valence-electron chi connectivity index (χ4n) is 2.29. The number of amides is 1. The smallest absolute Gasteiger partial charge is 0.240 e. The number of carbonyl (C=O) groups excluding carboxylic acids is 1. The van der Waals surface area contributed by atoms with E-state index in [9.17, 15) is 13.2 Å². The van der Waals surface area contributed by atoms with E-state index in [1.165, 1.54) is 12.1 Å². The number of anilines is 1. The molecule has 0 heterocycles. The molecule has 1 amide bonds. The molecule has 0 unspecified atom stereocenters. The molecule has 0 aliphatic rings. The first-order chi connectivity index (χ1) is 12.8. The van der Waals surface area contributed by atoms with Gasteiger partial charge in [0.2, 0.25) is 15.9 Å². The van der Waals surface area contributed by atoms with E-state index >= 15 is 0 Å². The first kappa shape index (κ1) is 21.4. The molecule has 8 heteroatoms. The Kier molecular flexibility index (Phi) is 7.82. The molecule has 0 saturated heterocycles. The number of benzene rings is 2. The summed E-state index contributed by atoms with van der Waals surface area (Å²) < 4.78 is 33.2. The maximum absolute atomic E-state index is 12.2. The van der Waals surface area contributed by atoms with Crippen molar-refractivity contribution in [1.82, 2.24) is 4.72 Å². The van der Waals surface area contributed by atoms with Gasteiger partial charge in [0, 0.05) is 23.1 Å². The van der Waals surface area contributed by atoms with Gasteiger partial charge in [-0.2, -0.15) is 0 Å². The molecule has 2 rings (SSSR count). The Morgan fingerprint density at radius 1 is 1.15 bits per heavy atom. The number of carbonyl (C=O) groups is 1. The van der Waals surface area contributed by atoms with Gasteiger partial charge in [-0.25, -0.2) is 13.1 Å². The van der Waals surface area contributed by atoms with Crippen LogP contribution < -0.4 is 14.8 Å². The fourth-order valence-corrected chi connectivity index (χ4v) is 3.59. The van der Waals surface area contributed by atoms with Gasteiger partial charge in [0.1, 0.15) is 5.75 Å². The Balaban J connectivity index is 1.86. The van der Waals surface area contributed by atoms with Crippen LogP contribution in [0.5, 0.6) is 5.75 Å². The summed E-state index contributed by atoms with van der Waals surface area (Å²) in [6, 6.07) is 11.7. The van der Waals surface area contributed by atoms with Crippen LogP contribution in [0.25, 0.3) is 0 Å². The first-order valence-corrected chi connectivity index (χ1v) is 10.9. The minimum Gasteiger partial charge on any atom is -0.494 e. The second-order valence-corrected chi connectivity index (χ2v) is 8.66. The zero-order valence-electron chi connectivity index (χ0n) is 15.3. The van der Waals surface area contributed by atoms with Crippen molar-refractivity contribution in [2.24, 2.45) is 0 Å². The molecule has 0 radical (unpaired) electrons. The number of aryl methyl sites for hydroxylation is 1. The Morgan fingerprint density at radius 3 is 2.48 bits per heavy atom. The number of rotatable bonds is 9. The molecule has 27 heavy (non-hydrogen) atoms. The van der Waals surface area contributed by atoms with Crippen molar-refractivity contribution >= 4 is 37.5 Å². The van der Waals surface area contributed by atoms with Crippen LogP contribution in [-0.4, -0.2) is 27.5 Å². The topological polar surface area (TPSA) is 84.5 Å². The van der Waals surface area contributed by atoms with Gasteiger partial charge in [0.15, 0.2) is 0 Å². The van der Waals surface area contributed by atoms with Gasteiger partial charge in [-0.15, -0.1) is 0 Å². The van der Waals surface area contributed by atoms with Crippen LogP contribution in [0.1, 0.15) is 25.3 Å². The van der Waals surface area contributed by atoms with Crippen LogP contribution in [0.15, 0.2) is 51.8 Å². The number of ether oxygens (including phenoxy) is 1. The highest BCUT2D eigenvalue weighted by Crippen LogP contribution is 2.21. The molecule has 0 aliphatic heterocycles. The van der Waals surface area contributed by atoms with Crippen molar-refractivity contribution in [2.75, 3.05) is 18.5 Å². The summed E-state index contributed by atoms with van der Waals surface area (Å²) in [6.45, 7) is 4.57. The van der Waals surface area contributed by atoms with Crippen LogP contribution in [0.2, 0.25) is 0 Å². The Labute approximate surface area is 168 Å². The van der Waals surface area contributed by atoms with E-state index in [0.717, 1.165) is 22.2 Å². The van der Waals surface area contributed by atoms with Crippen molar-refractivity contribution in [1.29, 1.82) is 0 Å². The van der Waals surface area contributed by atoms with E-state index in [2.05, 4.69) is 26.0 Å². The average molecular weight is 455 g/mol. The Hall–Kier alpha value is -1.90. The van der Waals surface area contributed by atoms with E-state index in [-0.39, 0.29) is 23.8 Å².